The lowest BCUT2D eigenvalue weighted by Crippen LogP contribution is -2.58. The van der Waals surface area contributed by atoms with Crippen molar-refractivity contribution in [3.8, 4) is 0 Å². The standard InChI is InChI=1S/C19H36N4O5S/c1-6-11(3)15(22-14(24)10-20)18(26)21-13(8-9-29-5)17(25)23-16(19(27)28)12(4)7-2/h11-13,15-16H,6-10,20H2,1-5H3,(H,21,26)(H,22,24)(H,23,25)(H,27,28). The average Bonchev–Trinajstić information content (AvgIpc) is 2.70. The molecule has 3 amide bonds. The van der Waals surface area contributed by atoms with Gasteiger partial charge in [-0.15, -0.1) is 0 Å². The number of carbonyl (C=O) groups is 4. The molecule has 5 unspecified atom stereocenters. The van der Waals surface area contributed by atoms with Crippen LogP contribution in [0.1, 0.15) is 47.0 Å². The number of carboxylic acid groups (broad SMARTS) is 1. The molecule has 0 bridgehead atoms. The van der Waals surface area contributed by atoms with Gasteiger partial charge < -0.3 is 26.8 Å². The molecule has 0 fully saturated rings. The lowest BCUT2D eigenvalue weighted by atomic mass is 9.97. The van der Waals surface area contributed by atoms with E-state index in [0.717, 1.165) is 0 Å². The van der Waals surface area contributed by atoms with Crippen molar-refractivity contribution >= 4 is 35.5 Å². The Morgan fingerprint density at radius 1 is 0.931 bits per heavy atom. The predicted octanol–water partition coefficient (Wildman–Crippen LogP) is 0.329. The van der Waals surface area contributed by atoms with Gasteiger partial charge in [0.05, 0.1) is 6.54 Å². The second-order valence-corrected chi connectivity index (χ2v) is 8.17. The summed E-state index contributed by atoms with van der Waals surface area (Å²) in [6.45, 7) is 7.06. The molecule has 6 N–H and O–H groups in total. The number of carbonyl (C=O) groups excluding carboxylic acids is 3. The van der Waals surface area contributed by atoms with Gasteiger partial charge in [-0.3, -0.25) is 14.4 Å². The van der Waals surface area contributed by atoms with Crippen LogP contribution in [0.25, 0.3) is 0 Å². The number of nitrogens with one attached hydrogen (secondary N) is 3. The third-order valence-corrected chi connectivity index (χ3v) is 5.66. The summed E-state index contributed by atoms with van der Waals surface area (Å²) in [7, 11) is 0. The first-order valence-corrected chi connectivity index (χ1v) is 11.3. The van der Waals surface area contributed by atoms with Gasteiger partial charge in [-0.2, -0.15) is 11.8 Å². The van der Waals surface area contributed by atoms with Crippen LogP contribution in [0.15, 0.2) is 0 Å². The minimum Gasteiger partial charge on any atom is -0.480 e. The lowest BCUT2D eigenvalue weighted by Gasteiger charge is -2.28. The maximum atomic E-state index is 12.8. The van der Waals surface area contributed by atoms with E-state index in [-0.39, 0.29) is 18.4 Å². The third kappa shape index (κ3) is 9.49. The molecule has 5 atom stereocenters. The molecule has 0 aliphatic rings. The second-order valence-electron chi connectivity index (χ2n) is 7.19. The number of carboxylic acids is 1. The highest BCUT2D eigenvalue weighted by molar-refractivity contribution is 7.98. The molecule has 0 aromatic rings. The SMILES string of the molecule is CCC(C)C(NC(=O)C(CCSC)NC(=O)C(NC(=O)CN)C(C)CC)C(=O)O. The quantitative estimate of drug-likeness (QED) is 0.265. The Morgan fingerprint density at radius 2 is 1.48 bits per heavy atom. The van der Waals surface area contributed by atoms with Crippen molar-refractivity contribution in [2.24, 2.45) is 17.6 Å². The summed E-state index contributed by atoms with van der Waals surface area (Å²) in [5.41, 5.74) is 5.34. The molecule has 0 saturated carbocycles. The number of amides is 3. The molecule has 29 heavy (non-hydrogen) atoms. The van der Waals surface area contributed by atoms with Gasteiger partial charge in [0.15, 0.2) is 0 Å². The summed E-state index contributed by atoms with van der Waals surface area (Å²) in [5, 5.41) is 17.2. The number of aliphatic carboxylic acids is 1. The van der Waals surface area contributed by atoms with E-state index in [0.29, 0.717) is 25.0 Å². The molecule has 0 aromatic carbocycles. The molecule has 0 radical (unpaired) electrons. The number of thioether (sulfide) groups is 1. The van der Waals surface area contributed by atoms with E-state index in [1.165, 1.54) is 11.8 Å². The minimum atomic E-state index is -1.12. The summed E-state index contributed by atoms with van der Waals surface area (Å²) in [6, 6.07) is -2.77. The van der Waals surface area contributed by atoms with E-state index < -0.39 is 41.8 Å². The largest absolute Gasteiger partial charge is 0.480 e. The smallest absolute Gasteiger partial charge is 0.326 e. The Hall–Kier alpha value is -1.81. The van der Waals surface area contributed by atoms with Crippen LogP contribution in [-0.4, -0.2) is 65.5 Å². The van der Waals surface area contributed by atoms with E-state index >= 15 is 0 Å². The van der Waals surface area contributed by atoms with Crippen LogP contribution in [0.2, 0.25) is 0 Å². The van der Waals surface area contributed by atoms with Crippen LogP contribution in [0.5, 0.6) is 0 Å². The summed E-state index contributed by atoms with van der Waals surface area (Å²) < 4.78 is 0. The number of nitrogens with two attached hydrogens (primary N) is 1. The molecule has 0 aromatic heterocycles. The van der Waals surface area contributed by atoms with Gasteiger partial charge in [0.1, 0.15) is 18.1 Å². The van der Waals surface area contributed by atoms with Gasteiger partial charge in [-0.25, -0.2) is 4.79 Å². The van der Waals surface area contributed by atoms with E-state index in [9.17, 15) is 24.3 Å². The van der Waals surface area contributed by atoms with Gasteiger partial charge >= 0.3 is 5.97 Å². The highest BCUT2D eigenvalue weighted by Gasteiger charge is 2.32. The first-order chi connectivity index (χ1) is 13.6. The van der Waals surface area contributed by atoms with Gasteiger partial charge in [0, 0.05) is 0 Å². The Bertz CT molecular complexity index is 561. The maximum absolute atomic E-state index is 12.8. The average molecular weight is 433 g/mol. The monoisotopic (exact) mass is 432 g/mol. The number of hydrogen-bond donors (Lipinski definition) is 5. The normalized spacial score (nSPS) is 16.1. The van der Waals surface area contributed by atoms with Gasteiger partial charge in [0.2, 0.25) is 17.7 Å². The van der Waals surface area contributed by atoms with Crippen molar-refractivity contribution in [2.45, 2.75) is 65.1 Å². The minimum absolute atomic E-state index is 0.165. The van der Waals surface area contributed by atoms with Crippen molar-refractivity contribution < 1.29 is 24.3 Å². The number of rotatable bonds is 14. The Balaban J connectivity index is 5.41. The van der Waals surface area contributed by atoms with E-state index in [4.69, 9.17) is 5.73 Å². The van der Waals surface area contributed by atoms with Gasteiger partial charge in [-0.1, -0.05) is 40.5 Å². The van der Waals surface area contributed by atoms with Crippen molar-refractivity contribution in [1.82, 2.24) is 16.0 Å². The van der Waals surface area contributed by atoms with E-state index in [1.54, 1.807) is 6.92 Å². The molecule has 0 aliphatic carbocycles. The van der Waals surface area contributed by atoms with Gasteiger partial charge in [0.25, 0.3) is 0 Å². The van der Waals surface area contributed by atoms with E-state index in [1.807, 2.05) is 27.0 Å². The Kier molecular flexibility index (Phi) is 13.3. The molecule has 0 spiro atoms. The zero-order valence-electron chi connectivity index (χ0n) is 18.0. The van der Waals surface area contributed by atoms with Crippen LogP contribution >= 0.6 is 11.8 Å². The first-order valence-electron chi connectivity index (χ1n) is 9.94. The molecule has 9 nitrogen and oxygen atoms in total. The fraction of sp³-hybridized carbons (Fsp3) is 0.789. The van der Waals surface area contributed by atoms with Crippen molar-refractivity contribution in [2.75, 3.05) is 18.6 Å². The number of hydrogen-bond acceptors (Lipinski definition) is 6. The Labute approximate surface area is 177 Å². The summed E-state index contributed by atoms with van der Waals surface area (Å²) >= 11 is 1.51. The highest BCUT2D eigenvalue weighted by Crippen LogP contribution is 2.11. The van der Waals surface area contributed by atoms with Crippen LogP contribution in [0.3, 0.4) is 0 Å². The molecule has 10 heteroatoms. The maximum Gasteiger partial charge on any atom is 0.326 e. The summed E-state index contributed by atoms with van der Waals surface area (Å²) in [5.74, 6) is -2.44. The zero-order chi connectivity index (χ0) is 22.6. The van der Waals surface area contributed by atoms with Crippen LogP contribution < -0.4 is 21.7 Å². The van der Waals surface area contributed by atoms with Crippen LogP contribution in [0, 0.1) is 11.8 Å². The fourth-order valence-electron chi connectivity index (χ4n) is 2.64. The third-order valence-electron chi connectivity index (χ3n) is 5.02. The molecule has 0 heterocycles. The fourth-order valence-corrected chi connectivity index (χ4v) is 3.11. The van der Waals surface area contributed by atoms with Crippen LogP contribution in [0.4, 0.5) is 0 Å². The Morgan fingerprint density at radius 3 is 1.93 bits per heavy atom. The van der Waals surface area contributed by atoms with Crippen LogP contribution in [-0.2, 0) is 19.2 Å². The van der Waals surface area contributed by atoms with Crippen molar-refractivity contribution in [3.63, 3.8) is 0 Å². The predicted molar refractivity (Wildman–Crippen MR) is 114 cm³/mol. The summed E-state index contributed by atoms with van der Waals surface area (Å²) in [4.78, 5) is 48.8. The lowest BCUT2D eigenvalue weighted by molar-refractivity contribution is -0.143. The molecular formula is C19H36N4O5S. The first kappa shape index (κ1) is 27.2. The molecular weight excluding hydrogens is 396 g/mol. The molecule has 168 valence electrons. The molecule has 0 saturated heterocycles. The zero-order valence-corrected chi connectivity index (χ0v) is 18.8. The summed E-state index contributed by atoms with van der Waals surface area (Å²) in [6.07, 6.45) is 3.43. The van der Waals surface area contributed by atoms with Gasteiger partial charge in [-0.05, 0) is 30.3 Å². The van der Waals surface area contributed by atoms with E-state index in [2.05, 4.69) is 16.0 Å². The second kappa shape index (κ2) is 14.2. The molecule has 0 rings (SSSR count). The highest BCUT2D eigenvalue weighted by atomic mass is 32.2. The van der Waals surface area contributed by atoms with Crippen molar-refractivity contribution in [1.29, 1.82) is 0 Å². The van der Waals surface area contributed by atoms with Crippen molar-refractivity contribution in [3.05, 3.63) is 0 Å². The molecule has 0 aliphatic heterocycles. The topological polar surface area (TPSA) is 151 Å².